The number of esters is 1. The minimum absolute atomic E-state index is 0.104. The van der Waals surface area contributed by atoms with Gasteiger partial charge in [-0.2, -0.15) is 4.72 Å². The van der Waals surface area contributed by atoms with Crippen LogP contribution in [0.3, 0.4) is 0 Å². The zero-order valence-corrected chi connectivity index (χ0v) is 13.7. The summed E-state index contributed by atoms with van der Waals surface area (Å²) in [6.45, 7) is 3.74. The Morgan fingerprint density at radius 3 is 2.45 bits per heavy atom. The second kappa shape index (κ2) is 7.41. The minimum Gasteiger partial charge on any atom is -0.463 e. The van der Waals surface area contributed by atoms with E-state index < -0.39 is 33.0 Å². The van der Waals surface area contributed by atoms with Crippen LogP contribution in [0.4, 0.5) is 0 Å². The van der Waals surface area contributed by atoms with Crippen molar-refractivity contribution in [1.29, 1.82) is 0 Å². The van der Waals surface area contributed by atoms with Crippen LogP contribution in [-0.2, 0) is 19.6 Å². The Balaban J connectivity index is 2.99. The first-order valence-electron chi connectivity index (χ1n) is 6.63. The van der Waals surface area contributed by atoms with E-state index in [1.807, 2.05) is 13.8 Å². The maximum Gasteiger partial charge on any atom is 0.374 e. The van der Waals surface area contributed by atoms with Gasteiger partial charge >= 0.3 is 5.97 Å². The maximum absolute atomic E-state index is 12.2. The molecular weight excluding hydrogens is 312 g/mol. The zero-order chi connectivity index (χ0) is 16.9. The van der Waals surface area contributed by atoms with Crippen molar-refractivity contribution >= 4 is 21.9 Å². The molecular formula is C13H20N2O6S. The van der Waals surface area contributed by atoms with Crippen molar-refractivity contribution in [1.82, 2.24) is 10.0 Å². The summed E-state index contributed by atoms with van der Waals surface area (Å²) in [5, 5.41) is 1.95. The third-order valence-corrected chi connectivity index (χ3v) is 4.14. The smallest absolute Gasteiger partial charge is 0.374 e. The molecule has 0 fully saturated rings. The van der Waals surface area contributed by atoms with Crippen LogP contribution in [0.2, 0.25) is 0 Å². The van der Waals surface area contributed by atoms with E-state index in [1.165, 1.54) is 13.1 Å². The van der Waals surface area contributed by atoms with E-state index in [2.05, 4.69) is 14.8 Å². The topological polar surface area (TPSA) is 115 Å². The number of carbonyl (C=O) groups is 2. The van der Waals surface area contributed by atoms with Crippen LogP contribution in [-0.4, -0.2) is 40.5 Å². The first-order chi connectivity index (χ1) is 10.2. The van der Waals surface area contributed by atoms with E-state index in [-0.39, 0.29) is 11.7 Å². The number of ether oxygens (including phenoxy) is 1. The highest BCUT2D eigenvalue weighted by Crippen LogP contribution is 2.16. The van der Waals surface area contributed by atoms with E-state index in [9.17, 15) is 18.0 Å². The van der Waals surface area contributed by atoms with Gasteiger partial charge in [0.25, 0.3) is 10.0 Å². The van der Waals surface area contributed by atoms with Crippen LogP contribution in [0.15, 0.2) is 21.6 Å². The van der Waals surface area contributed by atoms with Crippen molar-refractivity contribution in [2.24, 2.45) is 5.92 Å². The molecule has 0 aliphatic rings. The predicted octanol–water partition coefficient (Wildman–Crippen LogP) is 0.505. The third-order valence-electron chi connectivity index (χ3n) is 2.80. The van der Waals surface area contributed by atoms with Gasteiger partial charge in [0.15, 0.2) is 0 Å². The Bertz CT molecular complexity index is 635. The van der Waals surface area contributed by atoms with E-state index in [0.29, 0.717) is 6.42 Å². The molecule has 22 heavy (non-hydrogen) atoms. The molecule has 1 unspecified atom stereocenters. The van der Waals surface area contributed by atoms with E-state index in [4.69, 9.17) is 4.42 Å². The molecule has 0 bridgehead atoms. The van der Waals surface area contributed by atoms with Crippen LogP contribution in [0.25, 0.3) is 0 Å². The summed E-state index contributed by atoms with van der Waals surface area (Å²) >= 11 is 0. The number of furan rings is 1. The van der Waals surface area contributed by atoms with Crippen molar-refractivity contribution in [3.05, 3.63) is 17.9 Å². The lowest BCUT2D eigenvalue weighted by Crippen LogP contribution is -2.46. The van der Waals surface area contributed by atoms with Gasteiger partial charge in [-0.15, -0.1) is 0 Å². The molecule has 0 saturated heterocycles. The first kappa shape index (κ1) is 18.2. The fourth-order valence-electron chi connectivity index (χ4n) is 1.77. The highest BCUT2D eigenvalue weighted by Gasteiger charge is 2.28. The van der Waals surface area contributed by atoms with Crippen molar-refractivity contribution in [2.45, 2.75) is 31.4 Å². The number of likely N-dealkylation sites (N-methyl/N-ethyl adjacent to an activating group) is 1. The van der Waals surface area contributed by atoms with Gasteiger partial charge in [0.2, 0.25) is 16.8 Å². The highest BCUT2D eigenvalue weighted by molar-refractivity contribution is 7.89. The number of sulfonamides is 1. The van der Waals surface area contributed by atoms with Crippen molar-refractivity contribution in [3.63, 3.8) is 0 Å². The highest BCUT2D eigenvalue weighted by atomic mass is 32.2. The van der Waals surface area contributed by atoms with Gasteiger partial charge in [-0.1, -0.05) is 13.8 Å². The summed E-state index contributed by atoms with van der Waals surface area (Å²) in [6, 6.07) is 1.39. The standard InChI is InChI=1S/C13H20N2O6S/c1-8(2)7-9(12(16)14-3)15-22(18,19)11-6-5-10(21-11)13(17)20-4/h5-6,8-9,15H,7H2,1-4H3,(H,14,16). The predicted molar refractivity (Wildman–Crippen MR) is 77.7 cm³/mol. The summed E-state index contributed by atoms with van der Waals surface area (Å²) in [4.78, 5) is 23.1. The van der Waals surface area contributed by atoms with Crippen LogP contribution >= 0.6 is 0 Å². The Morgan fingerprint density at radius 2 is 1.95 bits per heavy atom. The fraction of sp³-hybridized carbons (Fsp3) is 0.538. The summed E-state index contributed by atoms with van der Waals surface area (Å²) in [5.74, 6) is -1.36. The number of hydrogen-bond acceptors (Lipinski definition) is 6. The molecule has 9 heteroatoms. The molecule has 1 aromatic rings. The molecule has 8 nitrogen and oxygen atoms in total. The SMILES string of the molecule is CNC(=O)C(CC(C)C)NS(=O)(=O)c1ccc(C(=O)OC)o1. The minimum atomic E-state index is -4.07. The lowest BCUT2D eigenvalue weighted by atomic mass is 10.0. The van der Waals surface area contributed by atoms with Crippen LogP contribution in [0.1, 0.15) is 30.8 Å². The number of rotatable bonds is 7. The number of hydrogen-bond donors (Lipinski definition) is 2. The van der Waals surface area contributed by atoms with E-state index in [1.54, 1.807) is 0 Å². The summed E-state index contributed by atoms with van der Waals surface area (Å²) in [7, 11) is -1.49. The largest absolute Gasteiger partial charge is 0.463 e. The average molecular weight is 332 g/mol. The molecule has 0 aliphatic carbocycles. The van der Waals surface area contributed by atoms with E-state index >= 15 is 0 Å². The summed E-state index contributed by atoms with van der Waals surface area (Å²) < 4.78 is 36.1. The van der Waals surface area contributed by atoms with Gasteiger partial charge in [-0.05, 0) is 24.5 Å². The molecule has 0 radical (unpaired) electrons. The molecule has 2 N–H and O–H groups in total. The second-order valence-electron chi connectivity index (χ2n) is 5.03. The van der Waals surface area contributed by atoms with Gasteiger partial charge in [-0.25, -0.2) is 13.2 Å². The van der Waals surface area contributed by atoms with Gasteiger partial charge in [0, 0.05) is 7.05 Å². The molecule has 0 spiro atoms. The molecule has 0 aliphatic heterocycles. The van der Waals surface area contributed by atoms with Crippen LogP contribution < -0.4 is 10.0 Å². The zero-order valence-electron chi connectivity index (χ0n) is 12.9. The van der Waals surface area contributed by atoms with Crippen molar-refractivity contribution < 1.29 is 27.2 Å². The van der Waals surface area contributed by atoms with Crippen LogP contribution in [0.5, 0.6) is 0 Å². The first-order valence-corrected chi connectivity index (χ1v) is 8.11. The van der Waals surface area contributed by atoms with Gasteiger partial charge < -0.3 is 14.5 Å². The Kier molecular flexibility index (Phi) is 6.12. The Hall–Kier alpha value is -1.87. The maximum atomic E-state index is 12.2. The molecule has 0 aromatic carbocycles. The lowest BCUT2D eigenvalue weighted by Gasteiger charge is -2.18. The fourth-order valence-corrected chi connectivity index (χ4v) is 2.92. The number of amides is 1. The second-order valence-corrected chi connectivity index (χ2v) is 6.67. The summed E-state index contributed by atoms with van der Waals surface area (Å²) in [6.07, 6.45) is 0.323. The Morgan fingerprint density at radius 1 is 1.32 bits per heavy atom. The van der Waals surface area contributed by atoms with Gasteiger partial charge in [0.1, 0.15) is 6.04 Å². The average Bonchev–Trinajstić information content (AvgIpc) is 2.94. The monoisotopic (exact) mass is 332 g/mol. The van der Waals surface area contributed by atoms with Gasteiger partial charge in [0.05, 0.1) is 7.11 Å². The molecule has 1 atom stereocenters. The molecule has 0 saturated carbocycles. The molecule has 1 amide bonds. The number of methoxy groups -OCH3 is 1. The number of nitrogens with one attached hydrogen (secondary N) is 2. The van der Waals surface area contributed by atoms with Crippen molar-refractivity contribution in [2.75, 3.05) is 14.2 Å². The van der Waals surface area contributed by atoms with Gasteiger partial charge in [-0.3, -0.25) is 4.79 Å². The lowest BCUT2D eigenvalue weighted by molar-refractivity contribution is -0.122. The number of carbonyl (C=O) groups excluding carboxylic acids is 2. The molecule has 1 rings (SSSR count). The molecule has 1 aromatic heterocycles. The third kappa shape index (κ3) is 4.57. The van der Waals surface area contributed by atoms with Crippen molar-refractivity contribution in [3.8, 4) is 0 Å². The molecule has 124 valence electrons. The van der Waals surface area contributed by atoms with Crippen LogP contribution in [0, 0.1) is 5.92 Å². The summed E-state index contributed by atoms with van der Waals surface area (Å²) in [5.41, 5.74) is 0. The quantitative estimate of drug-likeness (QED) is 0.703. The van der Waals surface area contributed by atoms with E-state index in [0.717, 1.165) is 13.2 Å². The Labute approximate surface area is 129 Å². The molecule has 1 heterocycles. The normalized spacial score (nSPS) is 13.0.